The van der Waals surface area contributed by atoms with E-state index in [0.29, 0.717) is 0 Å². The standard InChI is InChI=1S/C20H31N5OS.HI/c1-5-21-20(23-13-9-12-22-17-10-7-6-8-11-17)25(3)14-18-15-27-19(24-18)16(2)26-4;/h6-8,10-11,15-16,22H,5,9,12-14H2,1-4H3,(H,21,23);1H. The van der Waals surface area contributed by atoms with E-state index >= 15 is 0 Å². The number of nitrogens with zero attached hydrogens (tertiary/aromatic N) is 3. The molecule has 156 valence electrons. The molecule has 1 atom stereocenters. The topological polar surface area (TPSA) is 61.8 Å². The van der Waals surface area contributed by atoms with Crippen LogP contribution in [0.5, 0.6) is 0 Å². The maximum atomic E-state index is 5.34. The van der Waals surface area contributed by atoms with Crippen molar-refractivity contribution in [2.45, 2.75) is 32.9 Å². The maximum Gasteiger partial charge on any atom is 0.194 e. The Morgan fingerprint density at radius 1 is 1.32 bits per heavy atom. The van der Waals surface area contributed by atoms with E-state index in [4.69, 9.17) is 9.73 Å². The number of thiazole rings is 1. The van der Waals surface area contributed by atoms with E-state index < -0.39 is 0 Å². The zero-order valence-electron chi connectivity index (χ0n) is 17.1. The summed E-state index contributed by atoms with van der Waals surface area (Å²) in [7, 11) is 3.75. The summed E-state index contributed by atoms with van der Waals surface area (Å²) < 4.78 is 5.34. The van der Waals surface area contributed by atoms with Crippen LogP contribution in [0.3, 0.4) is 0 Å². The number of hydrogen-bond donors (Lipinski definition) is 2. The quantitative estimate of drug-likeness (QED) is 0.212. The molecule has 6 nitrogen and oxygen atoms in total. The van der Waals surface area contributed by atoms with Gasteiger partial charge in [0, 0.05) is 44.9 Å². The largest absolute Gasteiger partial charge is 0.385 e. The number of rotatable bonds is 10. The summed E-state index contributed by atoms with van der Waals surface area (Å²) in [5.41, 5.74) is 2.19. The van der Waals surface area contributed by atoms with E-state index in [0.717, 1.165) is 54.9 Å². The Morgan fingerprint density at radius 2 is 2.07 bits per heavy atom. The molecule has 0 aliphatic rings. The van der Waals surface area contributed by atoms with Crippen molar-refractivity contribution in [3.05, 3.63) is 46.4 Å². The van der Waals surface area contributed by atoms with Crippen LogP contribution < -0.4 is 10.6 Å². The lowest BCUT2D eigenvalue weighted by Gasteiger charge is -2.21. The van der Waals surface area contributed by atoms with Gasteiger partial charge in [-0.05, 0) is 32.4 Å². The first-order valence-electron chi connectivity index (χ1n) is 9.39. The third-order valence-corrected chi connectivity index (χ3v) is 5.12. The molecule has 2 N–H and O–H groups in total. The zero-order valence-corrected chi connectivity index (χ0v) is 20.3. The fourth-order valence-corrected chi connectivity index (χ4v) is 3.36. The Hall–Kier alpha value is -1.39. The van der Waals surface area contributed by atoms with Crippen LogP contribution in [-0.4, -0.2) is 49.6 Å². The molecule has 0 radical (unpaired) electrons. The predicted octanol–water partition coefficient (Wildman–Crippen LogP) is 4.37. The Morgan fingerprint density at radius 3 is 2.75 bits per heavy atom. The highest BCUT2D eigenvalue weighted by Gasteiger charge is 2.12. The summed E-state index contributed by atoms with van der Waals surface area (Å²) in [6, 6.07) is 10.3. The molecule has 1 unspecified atom stereocenters. The van der Waals surface area contributed by atoms with Crippen molar-refractivity contribution in [1.82, 2.24) is 15.2 Å². The maximum absolute atomic E-state index is 5.34. The highest BCUT2D eigenvalue weighted by molar-refractivity contribution is 14.0. The summed E-state index contributed by atoms with van der Waals surface area (Å²) in [6.45, 7) is 7.34. The molecule has 28 heavy (non-hydrogen) atoms. The van der Waals surface area contributed by atoms with E-state index in [9.17, 15) is 0 Å². The first-order valence-corrected chi connectivity index (χ1v) is 10.3. The third kappa shape index (κ3) is 8.32. The van der Waals surface area contributed by atoms with Gasteiger partial charge in [0.05, 0.1) is 12.2 Å². The van der Waals surface area contributed by atoms with Crippen molar-refractivity contribution in [3.8, 4) is 0 Å². The van der Waals surface area contributed by atoms with Crippen LogP contribution in [0.1, 0.15) is 37.1 Å². The van der Waals surface area contributed by atoms with Crippen molar-refractivity contribution in [2.24, 2.45) is 4.99 Å². The lowest BCUT2D eigenvalue weighted by atomic mass is 10.3. The number of guanidine groups is 1. The van der Waals surface area contributed by atoms with Crippen LogP contribution in [0.2, 0.25) is 0 Å². The fourth-order valence-electron chi connectivity index (χ4n) is 2.52. The summed E-state index contributed by atoms with van der Waals surface area (Å²) in [5.74, 6) is 0.909. The number of hydrogen-bond acceptors (Lipinski definition) is 5. The highest BCUT2D eigenvalue weighted by atomic mass is 127. The molecule has 0 aliphatic heterocycles. The average Bonchev–Trinajstić information content (AvgIpc) is 3.15. The van der Waals surface area contributed by atoms with Gasteiger partial charge in [-0.25, -0.2) is 4.98 Å². The van der Waals surface area contributed by atoms with Crippen LogP contribution in [0.4, 0.5) is 5.69 Å². The minimum absolute atomic E-state index is 0. The SMILES string of the molecule is CCNC(=NCCCNc1ccccc1)N(C)Cc1csc(C(C)OC)n1.I. The van der Waals surface area contributed by atoms with Crippen LogP contribution in [-0.2, 0) is 11.3 Å². The summed E-state index contributed by atoms with van der Waals surface area (Å²) in [4.78, 5) is 11.5. The number of halogens is 1. The second kappa shape index (κ2) is 13.7. The van der Waals surface area contributed by atoms with Crippen molar-refractivity contribution < 1.29 is 4.74 Å². The van der Waals surface area contributed by atoms with Gasteiger partial charge < -0.3 is 20.3 Å². The molecule has 0 saturated heterocycles. The normalized spacial score (nSPS) is 12.2. The van der Waals surface area contributed by atoms with Crippen LogP contribution in [0.15, 0.2) is 40.7 Å². The number of anilines is 1. The van der Waals surface area contributed by atoms with Gasteiger partial charge in [-0.1, -0.05) is 18.2 Å². The summed E-state index contributed by atoms with van der Waals surface area (Å²) in [6.07, 6.45) is 1.01. The minimum Gasteiger partial charge on any atom is -0.385 e. The number of para-hydroxylation sites is 1. The number of aromatic nitrogens is 1. The van der Waals surface area contributed by atoms with E-state index in [1.54, 1.807) is 18.4 Å². The van der Waals surface area contributed by atoms with Crippen LogP contribution >= 0.6 is 35.3 Å². The van der Waals surface area contributed by atoms with Gasteiger partial charge in [-0.15, -0.1) is 35.3 Å². The van der Waals surface area contributed by atoms with Gasteiger partial charge in [0.2, 0.25) is 0 Å². The Bertz CT molecular complexity index is 695. The number of aliphatic imine (C=N–C) groups is 1. The molecule has 2 aromatic rings. The molecule has 2 rings (SSSR count). The van der Waals surface area contributed by atoms with Gasteiger partial charge >= 0.3 is 0 Å². The van der Waals surface area contributed by atoms with Crippen LogP contribution in [0.25, 0.3) is 0 Å². The van der Waals surface area contributed by atoms with Crippen molar-refractivity contribution in [3.63, 3.8) is 0 Å². The average molecular weight is 517 g/mol. The van der Waals surface area contributed by atoms with E-state index in [1.807, 2.05) is 32.2 Å². The van der Waals surface area contributed by atoms with Gasteiger partial charge in [0.1, 0.15) is 11.1 Å². The second-order valence-electron chi connectivity index (χ2n) is 6.29. The van der Waals surface area contributed by atoms with Gasteiger partial charge in [0.15, 0.2) is 5.96 Å². The monoisotopic (exact) mass is 517 g/mol. The van der Waals surface area contributed by atoms with E-state index in [-0.39, 0.29) is 30.1 Å². The summed E-state index contributed by atoms with van der Waals surface area (Å²) >= 11 is 1.64. The number of benzene rings is 1. The zero-order chi connectivity index (χ0) is 19.5. The van der Waals surface area contributed by atoms with Crippen molar-refractivity contribution in [1.29, 1.82) is 0 Å². The van der Waals surface area contributed by atoms with Crippen molar-refractivity contribution >= 4 is 47.0 Å². The molecule has 1 aromatic heterocycles. The Balaban J connectivity index is 0.00000392. The van der Waals surface area contributed by atoms with Gasteiger partial charge in [0.25, 0.3) is 0 Å². The molecule has 1 aromatic carbocycles. The molecule has 0 aliphatic carbocycles. The molecule has 0 bridgehead atoms. The predicted molar refractivity (Wildman–Crippen MR) is 130 cm³/mol. The first-order chi connectivity index (χ1) is 13.1. The van der Waals surface area contributed by atoms with Gasteiger partial charge in [-0.3, -0.25) is 4.99 Å². The first kappa shape index (κ1) is 24.6. The molecular formula is C20H32IN5OS. The molecule has 0 saturated carbocycles. The smallest absolute Gasteiger partial charge is 0.194 e. The Labute approximate surface area is 189 Å². The molecule has 0 spiro atoms. The second-order valence-corrected chi connectivity index (χ2v) is 7.18. The number of ether oxygens (including phenoxy) is 1. The molecule has 0 amide bonds. The number of nitrogens with one attached hydrogen (secondary N) is 2. The molecule has 8 heteroatoms. The summed E-state index contributed by atoms with van der Waals surface area (Å²) in [5, 5.41) is 9.87. The molecule has 1 heterocycles. The van der Waals surface area contributed by atoms with E-state index in [1.165, 1.54) is 0 Å². The molecule has 0 fully saturated rings. The highest BCUT2D eigenvalue weighted by Crippen LogP contribution is 2.20. The lowest BCUT2D eigenvalue weighted by Crippen LogP contribution is -2.38. The fraction of sp³-hybridized carbons (Fsp3) is 0.500. The minimum atomic E-state index is 0. The number of methoxy groups -OCH3 is 1. The van der Waals surface area contributed by atoms with E-state index in [2.05, 4.69) is 45.0 Å². The lowest BCUT2D eigenvalue weighted by molar-refractivity contribution is 0.119. The van der Waals surface area contributed by atoms with Crippen molar-refractivity contribution in [2.75, 3.05) is 39.1 Å². The van der Waals surface area contributed by atoms with Gasteiger partial charge in [-0.2, -0.15) is 0 Å². The Kier molecular flexibility index (Phi) is 12.1. The third-order valence-electron chi connectivity index (χ3n) is 4.07. The molecular weight excluding hydrogens is 485 g/mol. The van der Waals surface area contributed by atoms with Crippen LogP contribution in [0, 0.1) is 0 Å².